The molecular formula is C16H23N3O5S. The summed E-state index contributed by atoms with van der Waals surface area (Å²) in [6.45, 7) is 0.450. The predicted molar refractivity (Wildman–Crippen MR) is 91.0 cm³/mol. The maximum atomic E-state index is 12.8. The number of ether oxygens (including phenoxy) is 1. The molecule has 1 aromatic rings. The fourth-order valence-corrected chi connectivity index (χ4v) is 4.52. The minimum atomic E-state index is -3.78. The van der Waals surface area contributed by atoms with E-state index in [-0.39, 0.29) is 24.4 Å². The second kappa shape index (κ2) is 8.41. The van der Waals surface area contributed by atoms with E-state index in [2.05, 4.69) is 10.1 Å². The molecule has 2 atom stereocenters. The monoisotopic (exact) mass is 369 g/mol. The normalized spacial score (nSPS) is 19.4. The van der Waals surface area contributed by atoms with Crippen molar-refractivity contribution < 1.29 is 22.7 Å². The van der Waals surface area contributed by atoms with E-state index in [0.29, 0.717) is 12.8 Å². The van der Waals surface area contributed by atoms with Gasteiger partial charge in [-0.3, -0.25) is 4.79 Å². The Kier molecular flexibility index (Phi) is 6.51. The number of nitrogens with two attached hydrogens (primary N) is 1. The molecule has 0 bridgehead atoms. The van der Waals surface area contributed by atoms with Crippen molar-refractivity contribution in [3.63, 3.8) is 0 Å². The zero-order chi connectivity index (χ0) is 18.4. The van der Waals surface area contributed by atoms with E-state index in [0.717, 1.165) is 0 Å². The minimum Gasteiger partial charge on any atom is -0.467 e. The van der Waals surface area contributed by atoms with Crippen molar-refractivity contribution in [1.82, 2.24) is 9.62 Å². The van der Waals surface area contributed by atoms with Crippen LogP contribution in [0, 0.1) is 0 Å². The van der Waals surface area contributed by atoms with E-state index in [1.54, 1.807) is 18.2 Å². The average molecular weight is 369 g/mol. The number of nitrogens with one attached hydrogen (secondary N) is 1. The van der Waals surface area contributed by atoms with E-state index in [1.165, 1.54) is 23.5 Å². The van der Waals surface area contributed by atoms with Crippen molar-refractivity contribution in [3.05, 3.63) is 30.3 Å². The van der Waals surface area contributed by atoms with Gasteiger partial charge in [0.15, 0.2) is 0 Å². The van der Waals surface area contributed by atoms with Gasteiger partial charge < -0.3 is 15.8 Å². The molecule has 25 heavy (non-hydrogen) atoms. The first-order valence-electron chi connectivity index (χ1n) is 8.07. The predicted octanol–water partition coefficient (Wildman–Crippen LogP) is -0.154. The van der Waals surface area contributed by atoms with Gasteiger partial charge in [0.05, 0.1) is 12.0 Å². The molecule has 9 heteroatoms. The summed E-state index contributed by atoms with van der Waals surface area (Å²) in [5.41, 5.74) is 5.46. The van der Waals surface area contributed by atoms with Crippen molar-refractivity contribution in [2.24, 2.45) is 5.73 Å². The van der Waals surface area contributed by atoms with Crippen LogP contribution in [0.3, 0.4) is 0 Å². The third-order valence-electron chi connectivity index (χ3n) is 4.11. The summed E-state index contributed by atoms with van der Waals surface area (Å²) in [5, 5.41) is 2.56. The average Bonchev–Trinajstić information content (AvgIpc) is 3.12. The van der Waals surface area contributed by atoms with Crippen molar-refractivity contribution in [2.45, 2.75) is 36.2 Å². The Morgan fingerprint density at radius 2 is 2.04 bits per heavy atom. The molecule has 1 heterocycles. The molecule has 0 radical (unpaired) electrons. The Balaban J connectivity index is 2.17. The van der Waals surface area contributed by atoms with Gasteiger partial charge in [0.2, 0.25) is 15.9 Å². The van der Waals surface area contributed by atoms with E-state index in [1.807, 2.05) is 0 Å². The van der Waals surface area contributed by atoms with Crippen molar-refractivity contribution in [1.29, 1.82) is 0 Å². The van der Waals surface area contributed by atoms with Gasteiger partial charge in [-0.25, -0.2) is 13.2 Å². The second-order valence-corrected chi connectivity index (χ2v) is 7.64. The number of rotatable bonds is 7. The lowest BCUT2D eigenvalue weighted by Gasteiger charge is -2.25. The Morgan fingerprint density at radius 1 is 1.36 bits per heavy atom. The van der Waals surface area contributed by atoms with Crippen LogP contribution in [0.25, 0.3) is 0 Å². The number of hydrogen-bond acceptors (Lipinski definition) is 6. The van der Waals surface area contributed by atoms with Crippen LogP contribution in [0.2, 0.25) is 0 Å². The van der Waals surface area contributed by atoms with Gasteiger partial charge >= 0.3 is 5.97 Å². The van der Waals surface area contributed by atoms with E-state index in [4.69, 9.17) is 5.73 Å². The van der Waals surface area contributed by atoms with Crippen LogP contribution >= 0.6 is 0 Å². The van der Waals surface area contributed by atoms with Gasteiger partial charge in [0.1, 0.15) is 12.1 Å². The smallest absolute Gasteiger partial charge is 0.328 e. The summed E-state index contributed by atoms with van der Waals surface area (Å²) in [4.78, 5) is 24.4. The summed E-state index contributed by atoms with van der Waals surface area (Å²) in [6.07, 6.45) is 1.19. The quantitative estimate of drug-likeness (QED) is 0.645. The van der Waals surface area contributed by atoms with Gasteiger partial charge in [-0.15, -0.1) is 0 Å². The fraction of sp³-hybridized carbons (Fsp3) is 0.500. The molecule has 0 spiro atoms. The largest absolute Gasteiger partial charge is 0.467 e. The van der Waals surface area contributed by atoms with Crippen LogP contribution in [0.1, 0.15) is 19.3 Å². The van der Waals surface area contributed by atoms with Crippen LogP contribution < -0.4 is 11.1 Å². The highest BCUT2D eigenvalue weighted by atomic mass is 32.2. The third kappa shape index (κ3) is 4.36. The highest BCUT2D eigenvalue weighted by Gasteiger charge is 2.40. The molecule has 0 unspecified atom stereocenters. The summed E-state index contributed by atoms with van der Waals surface area (Å²) in [7, 11) is -2.55. The topological polar surface area (TPSA) is 119 Å². The van der Waals surface area contributed by atoms with Crippen LogP contribution in [-0.2, 0) is 24.3 Å². The summed E-state index contributed by atoms with van der Waals surface area (Å²) in [6, 6.07) is 6.24. The summed E-state index contributed by atoms with van der Waals surface area (Å²) >= 11 is 0. The molecule has 1 amide bonds. The number of hydrogen-bond donors (Lipinski definition) is 2. The van der Waals surface area contributed by atoms with Gasteiger partial charge in [-0.05, 0) is 37.9 Å². The molecule has 0 aromatic heterocycles. The Labute approximate surface area is 147 Å². The van der Waals surface area contributed by atoms with Crippen LogP contribution in [0.4, 0.5) is 0 Å². The van der Waals surface area contributed by atoms with Crippen LogP contribution in [-0.4, -0.2) is 56.9 Å². The molecule has 1 aliphatic rings. The van der Waals surface area contributed by atoms with Crippen molar-refractivity contribution >= 4 is 21.9 Å². The summed E-state index contributed by atoms with van der Waals surface area (Å²) < 4.78 is 31.4. The molecule has 138 valence electrons. The minimum absolute atomic E-state index is 0.140. The molecule has 0 saturated carbocycles. The molecule has 1 aliphatic heterocycles. The summed E-state index contributed by atoms with van der Waals surface area (Å²) in [5.74, 6) is -1.12. The maximum absolute atomic E-state index is 12.8. The number of amides is 1. The lowest BCUT2D eigenvalue weighted by molar-refractivity contribution is -0.145. The van der Waals surface area contributed by atoms with E-state index >= 15 is 0 Å². The number of sulfonamides is 1. The maximum Gasteiger partial charge on any atom is 0.328 e. The first kappa shape index (κ1) is 19.4. The van der Waals surface area contributed by atoms with Crippen LogP contribution in [0.5, 0.6) is 0 Å². The number of esters is 1. The highest BCUT2D eigenvalue weighted by Crippen LogP contribution is 2.26. The molecule has 2 rings (SSSR count). The Bertz CT molecular complexity index is 708. The number of benzene rings is 1. The number of nitrogens with zero attached hydrogens (tertiary/aromatic N) is 1. The lowest BCUT2D eigenvalue weighted by atomic mass is 10.1. The van der Waals surface area contributed by atoms with Gasteiger partial charge in [0, 0.05) is 6.54 Å². The molecule has 1 saturated heterocycles. The molecule has 3 N–H and O–H groups in total. The molecule has 8 nitrogen and oxygen atoms in total. The number of methoxy groups -OCH3 is 1. The molecule has 1 fully saturated rings. The zero-order valence-corrected chi connectivity index (χ0v) is 14.9. The lowest BCUT2D eigenvalue weighted by Crippen LogP contribution is -2.51. The molecular weight excluding hydrogens is 346 g/mol. The Morgan fingerprint density at radius 3 is 2.64 bits per heavy atom. The third-order valence-corrected chi connectivity index (χ3v) is 6.04. The van der Waals surface area contributed by atoms with Crippen LogP contribution in [0.15, 0.2) is 35.2 Å². The Hall–Kier alpha value is -1.97. The highest BCUT2D eigenvalue weighted by molar-refractivity contribution is 7.89. The molecule has 1 aromatic carbocycles. The van der Waals surface area contributed by atoms with Crippen molar-refractivity contribution in [2.75, 3.05) is 20.2 Å². The van der Waals surface area contributed by atoms with E-state index < -0.39 is 34.0 Å². The standard InChI is InChI=1S/C16H23N3O5S/c1-24-16(21)13(9-10-17)18-15(20)14-8-5-11-19(14)25(22,23)12-6-3-2-4-7-12/h2-4,6-7,13-14H,5,8-11,17H2,1H3,(H,18,20)/t13-,14-/m0/s1. The van der Waals surface area contributed by atoms with Gasteiger partial charge in [-0.2, -0.15) is 4.31 Å². The van der Waals surface area contributed by atoms with Gasteiger partial charge in [-0.1, -0.05) is 18.2 Å². The number of carbonyl (C=O) groups is 2. The van der Waals surface area contributed by atoms with E-state index in [9.17, 15) is 18.0 Å². The number of carbonyl (C=O) groups excluding carboxylic acids is 2. The van der Waals surface area contributed by atoms with Gasteiger partial charge in [0.25, 0.3) is 0 Å². The zero-order valence-electron chi connectivity index (χ0n) is 14.1. The second-order valence-electron chi connectivity index (χ2n) is 5.75. The molecule has 0 aliphatic carbocycles. The SMILES string of the molecule is COC(=O)[C@H](CCN)NC(=O)[C@@H]1CCCN1S(=O)(=O)c1ccccc1. The van der Waals surface area contributed by atoms with Crippen molar-refractivity contribution in [3.8, 4) is 0 Å². The first-order valence-corrected chi connectivity index (χ1v) is 9.51. The fourth-order valence-electron chi connectivity index (χ4n) is 2.84. The first-order chi connectivity index (χ1) is 11.9.